The van der Waals surface area contributed by atoms with Gasteiger partial charge in [-0.1, -0.05) is 6.08 Å². The Hall–Kier alpha value is -1.89. The SMILES string of the molecule is C=CCn1c(=O)n(CC(C)O)c(=O)n(C(C)(C)C)c1=O. The third-order valence-electron chi connectivity index (χ3n) is 2.74. The van der Waals surface area contributed by atoms with Crippen LogP contribution in [0.1, 0.15) is 27.7 Å². The van der Waals surface area contributed by atoms with Crippen LogP contribution < -0.4 is 17.1 Å². The summed E-state index contributed by atoms with van der Waals surface area (Å²) in [5, 5.41) is 9.42. The van der Waals surface area contributed by atoms with Gasteiger partial charge in [0.15, 0.2) is 0 Å². The Bertz CT molecular complexity index is 671. The van der Waals surface area contributed by atoms with E-state index in [0.717, 1.165) is 13.7 Å². The molecule has 0 bridgehead atoms. The second-order valence-electron chi connectivity index (χ2n) is 5.71. The molecule has 1 unspecified atom stereocenters. The molecule has 112 valence electrons. The lowest BCUT2D eigenvalue weighted by atomic mass is 10.1. The van der Waals surface area contributed by atoms with Crippen LogP contribution in [0.25, 0.3) is 0 Å². The maximum atomic E-state index is 12.3. The van der Waals surface area contributed by atoms with Crippen molar-refractivity contribution < 1.29 is 5.11 Å². The van der Waals surface area contributed by atoms with Crippen LogP contribution in [0, 0.1) is 0 Å². The minimum Gasteiger partial charge on any atom is -0.392 e. The predicted molar refractivity (Wildman–Crippen MR) is 76.1 cm³/mol. The van der Waals surface area contributed by atoms with Gasteiger partial charge in [0, 0.05) is 5.54 Å². The fourth-order valence-electron chi connectivity index (χ4n) is 1.91. The van der Waals surface area contributed by atoms with Gasteiger partial charge >= 0.3 is 17.1 Å². The average molecular weight is 283 g/mol. The highest BCUT2D eigenvalue weighted by atomic mass is 16.3. The number of allylic oxidation sites excluding steroid dienone is 1. The molecule has 1 N–H and O–H groups in total. The Kier molecular flexibility index (Phi) is 4.54. The first-order valence-electron chi connectivity index (χ1n) is 6.37. The molecule has 0 aliphatic rings. The van der Waals surface area contributed by atoms with E-state index in [1.54, 1.807) is 20.8 Å². The Morgan fingerprint density at radius 1 is 1.15 bits per heavy atom. The molecular weight excluding hydrogens is 262 g/mol. The normalized spacial score (nSPS) is 13.2. The molecule has 7 nitrogen and oxygen atoms in total. The van der Waals surface area contributed by atoms with Crippen LogP contribution in [-0.4, -0.2) is 24.9 Å². The second-order valence-corrected chi connectivity index (χ2v) is 5.71. The van der Waals surface area contributed by atoms with Crippen molar-refractivity contribution in [1.82, 2.24) is 13.7 Å². The van der Waals surface area contributed by atoms with Crippen molar-refractivity contribution in [3.63, 3.8) is 0 Å². The van der Waals surface area contributed by atoms with Crippen LogP contribution in [0.2, 0.25) is 0 Å². The summed E-state index contributed by atoms with van der Waals surface area (Å²) in [6, 6.07) is 0. The summed E-state index contributed by atoms with van der Waals surface area (Å²) in [6.07, 6.45) is 0.538. The van der Waals surface area contributed by atoms with E-state index in [9.17, 15) is 19.5 Å². The highest BCUT2D eigenvalue weighted by molar-refractivity contribution is 4.87. The van der Waals surface area contributed by atoms with E-state index in [2.05, 4.69) is 6.58 Å². The molecule has 0 fully saturated rings. The van der Waals surface area contributed by atoms with Gasteiger partial charge in [0.25, 0.3) is 0 Å². The molecular formula is C13H21N3O4. The van der Waals surface area contributed by atoms with Crippen LogP contribution in [-0.2, 0) is 18.6 Å². The highest BCUT2D eigenvalue weighted by Gasteiger charge is 2.23. The van der Waals surface area contributed by atoms with Crippen molar-refractivity contribution >= 4 is 0 Å². The number of aliphatic hydroxyl groups excluding tert-OH is 1. The van der Waals surface area contributed by atoms with Gasteiger partial charge < -0.3 is 5.11 Å². The largest absolute Gasteiger partial charge is 0.392 e. The number of rotatable bonds is 4. The number of hydrogen-bond donors (Lipinski definition) is 1. The lowest BCUT2D eigenvalue weighted by Crippen LogP contribution is -2.58. The van der Waals surface area contributed by atoms with Gasteiger partial charge in [-0.15, -0.1) is 6.58 Å². The van der Waals surface area contributed by atoms with Crippen molar-refractivity contribution in [1.29, 1.82) is 0 Å². The maximum Gasteiger partial charge on any atom is 0.337 e. The molecule has 1 aromatic heterocycles. The maximum absolute atomic E-state index is 12.3. The first-order chi connectivity index (χ1) is 9.11. The van der Waals surface area contributed by atoms with E-state index < -0.39 is 28.7 Å². The topological polar surface area (TPSA) is 86.2 Å². The molecule has 1 rings (SSSR count). The zero-order chi connectivity index (χ0) is 15.7. The smallest absolute Gasteiger partial charge is 0.337 e. The Morgan fingerprint density at radius 2 is 1.65 bits per heavy atom. The Labute approximate surface area is 116 Å². The number of nitrogens with zero attached hydrogens (tertiary/aromatic N) is 3. The quantitative estimate of drug-likeness (QED) is 0.754. The van der Waals surface area contributed by atoms with E-state index in [4.69, 9.17) is 0 Å². The number of aromatic nitrogens is 3. The summed E-state index contributed by atoms with van der Waals surface area (Å²) < 4.78 is 2.82. The third-order valence-corrected chi connectivity index (χ3v) is 2.74. The number of hydrogen-bond acceptors (Lipinski definition) is 4. The van der Waals surface area contributed by atoms with Crippen molar-refractivity contribution in [3.8, 4) is 0 Å². The molecule has 0 spiro atoms. The molecule has 20 heavy (non-hydrogen) atoms. The summed E-state index contributed by atoms with van der Waals surface area (Å²) in [4.78, 5) is 36.8. The van der Waals surface area contributed by atoms with Gasteiger partial charge in [0.1, 0.15) is 0 Å². The monoisotopic (exact) mass is 283 g/mol. The van der Waals surface area contributed by atoms with Gasteiger partial charge in [0.2, 0.25) is 0 Å². The van der Waals surface area contributed by atoms with Crippen molar-refractivity contribution in [2.45, 2.75) is 52.4 Å². The van der Waals surface area contributed by atoms with Crippen LogP contribution in [0.3, 0.4) is 0 Å². The summed E-state index contributed by atoms with van der Waals surface area (Å²) in [5.74, 6) is 0. The molecule has 0 aliphatic heterocycles. The molecule has 1 aromatic rings. The Morgan fingerprint density at radius 3 is 2.05 bits per heavy atom. The molecule has 0 radical (unpaired) electrons. The van der Waals surface area contributed by atoms with Gasteiger partial charge in [-0.05, 0) is 27.7 Å². The minimum absolute atomic E-state index is 0.00777. The first kappa shape index (κ1) is 16.2. The van der Waals surface area contributed by atoms with E-state index in [-0.39, 0.29) is 13.1 Å². The van der Waals surface area contributed by atoms with E-state index in [1.165, 1.54) is 13.0 Å². The summed E-state index contributed by atoms with van der Waals surface area (Å²) in [5.41, 5.74) is -2.89. The molecule has 1 heterocycles. The fraction of sp³-hybridized carbons (Fsp3) is 0.615. The lowest BCUT2D eigenvalue weighted by molar-refractivity contribution is 0.164. The molecule has 7 heteroatoms. The first-order valence-corrected chi connectivity index (χ1v) is 6.37. The van der Waals surface area contributed by atoms with Gasteiger partial charge in [0.05, 0.1) is 19.2 Å². The van der Waals surface area contributed by atoms with Crippen molar-refractivity contribution in [2.75, 3.05) is 0 Å². The van der Waals surface area contributed by atoms with Crippen LogP contribution in [0.5, 0.6) is 0 Å². The standard InChI is InChI=1S/C13H21N3O4/c1-6-7-14-10(18)15(8-9(2)17)12(20)16(11(14)19)13(3,4)5/h6,9,17H,1,7-8H2,2-5H3. The molecule has 0 saturated heterocycles. The van der Waals surface area contributed by atoms with E-state index in [1.807, 2.05) is 0 Å². The van der Waals surface area contributed by atoms with Crippen LogP contribution in [0.4, 0.5) is 0 Å². The molecule has 0 aliphatic carbocycles. The summed E-state index contributed by atoms with van der Waals surface area (Å²) >= 11 is 0. The predicted octanol–water partition coefficient (Wildman–Crippen LogP) is -0.507. The second kappa shape index (κ2) is 5.62. The van der Waals surface area contributed by atoms with Gasteiger partial charge in [-0.2, -0.15) is 0 Å². The molecule has 1 atom stereocenters. The fourth-order valence-corrected chi connectivity index (χ4v) is 1.91. The van der Waals surface area contributed by atoms with Gasteiger partial charge in [-0.3, -0.25) is 0 Å². The Balaban J connectivity index is 3.84. The van der Waals surface area contributed by atoms with Crippen LogP contribution >= 0.6 is 0 Å². The third kappa shape index (κ3) is 2.98. The highest BCUT2D eigenvalue weighted by Crippen LogP contribution is 2.06. The van der Waals surface area contributed by atoms with Gasteiger partial charge in [-0.25, -0.2) is 28.1 Å². The van der Waals surface area contributed by atoms with Crippen molar-refractivity contribution in [2.24, 2.45) is 0 Å². The molecule has 0 saturated carbocycles. The zero-order valence-corrected chi connectivity index (χ0v) is 12.3. The zero-order valence-electron chi connectivity index (χ0n) is 12.3. The van der Waals surface area contributed by atoms with E-state index >= 15 is 0 Å². The average Bonchev–Trinajstić information content (AvgIpc) is 2.28. The summed E-state index contributed by atoms with van der Waals surface area (Å²) in [7, 11) is 0. The lowest BCUT2D eigenvalue weighted by Gasteiger charge is -2.23. The van der Waals surface area contributed by atoms with Crippen molar-refractivity contribution in [3.05, 3.63) is 44.1 Å². The molecule has 0 amide bonds. The summed E-state index contributed by atoms with van der Waals surface area (Å²) in [6.45, 7) is 9.91. The molecule has 0 aromatic carbocycles. The van der Waals surface area contributed by atoms with Crippen LogP contribution in [0.15, 0.2) is 27.0 Å². The van der Waals surface area contributed by atoms with E-state index in [0.29, 0.717) is 0 Å². The number of aliphatic hydroxyl groups is 1. The minimum atomic E-state index is -0.872.